The molecule has 5 aliphatic rings. The van der Waals surface area contributed by atoms with E-state index in [2.05, 4.69) is 0 Å². The quantitative estimate of drug-likeness (QED) is 0.0479. The molecule has 0 aromatic heterocycles. The summed E-state index contributed by atoms with van der Waals surface area (Å²) in [4.78, 5) is 0. The molecular formula is C36H64O31. The summed E-state index contributed by atoms with van der Waals surface area (Å²) in [6.45, 7) is -8.89. The van der Waals surface area contributed by atoms with Gasteiger partial charge in [-0.1, -0.05) is 0 Å². The highest BCUT2D eigenvalue weighted by Gasteiger charge is 2.61. The summed E-state index contributed by atoms with van der Waals surface area (Å²) in [6.07, 6.45) is -47.3. The van der Waals surface area contributed by atoms with Crippen LogP contribution in [0, 0.1) is 0 Å². The van der Waals surface area contributed by atoms with Gasteiger partial charge in [-0.15, -0.1) is 0 Å². The van der Waals surface area contributed by atoms with Crippen LogP contribution in [0.4, 0.5) is 0 Å². The first-order chi connectivity index (χ1) is 31.5. The van der Waals surface area contributed by atoms with E-state index in [1.54, 1.807) is 0 Å². The maximum atomic E-state index is 11.4. The molecule has 31 heteroatoms. The summed E-state index contributed by atoms with van der Waals surface area (Å²) in [5.41, 5.74) is 0. The molecule has 5 rings (SSSR count). The Labute approximate surface area is 378 Å². The van der Waals surface area contributed by atoms with Gasteiger partial charge in [0.2, 0.25) is 11.6 Å². The van der Waals surface area contributed by atoms with Crippen LogP contribution < -0.4 is 0 Å². The van der Waals surface area contributed by atoms with E-state index >= 15 is 0 Å². The number of aliphatic hydroxyl groups is 21. The van der Waals surface area contributed by atoms with Gasteiger partial charge in [0.05, 0.1) is 46.2 Å². The second-order valence-corrected chi connectivity index (χ2v) is 16.8. The van der Waals surface area contributed by atoms with E-state index in [0.717, 1.165) is 0 Å². The summed E-state index contributed by atoms with van der Waals surface area (Å²) >= 11 is 0. The van der Waals surface area contributed by atoms with E-state index in [1.807, 2.05) is 0 Å². The van der Waals surface area contributed by atoms with Crippen LogP contribution in [0.25, 0.3) is 0 Å². The molecule has 394 valence electrons. The molecule has 0 aromatic rings. The molecule has 0 aromatic carbocycles. The van der Waals surface area contributed by atoms with Gasteiger partial charge in [0.1, 0.15) is 148 Å². The van der Waals surface area contributed by atoms with E-state index in [4.69, 9.17) is 47.4 Å². The van der Waals surface area contributed by atoms with Crippen LogP contribution in [-0.4, -0.2) is 331 Å². The molecule has 0 radical (unpaired) electrons. The first-order valence-corrected chi connectivity index (χ1v) is 21.0. The Balaban J connectivity index is 1.29. The lowest BCUT2D eigenvalue weighted by Gasteiger charge is -2.40. The molecular weight excluding hydrogens is 928 g/mol. The molecule has 5 aliphatic heterocycles. The Hall–Kier alpha value is -1.24. The maximum Gasteiger partial charge on any atom is 0.222 e. The Kier molecular flexibility index (Phi) is 20.3. The third-order valence-electron chi connectivity index (χ3n) is 12.2. The van der Waals surface area contributed by atoms with Crippen molar-refractivity contribution >= 4 is 0 Å². The number of rotatable bonds is 22. The molecule has 5 saturated heterocycles. The van der Waals surface area contributed by atoms with Gasteiger partial charge >= 0.3 is 0 Å². The van der Waals surface area contributed by atoms with Crippen LogP contribution in [0.5, 0.6) is 0 Å². The molecule has 0 saturated carbocycles. The third-order valence-corrected chi connectivity index (χ3v) is 12.2. The fourth-order valence-corrected chi connectivity index (χ4v) is 7.85. The van der Waals surface area contributed by atoms with Gasteiger partial charge in [0.15, 0.2) is 18.9 Å². The minimum atomic E-state index is -2.81. The van der Waals surface area contributed by atoms with Crippen molar-refractivity contribution in [2.75, 3.05) is 59.5 Å². The molecule has 67 heavy (non-hydrogen) atoms. The van der Waals surface area contributed by atoms with Gasteiger partial charge in [0.25, 0.3) is 0 Å². The van der Waals surface area contributed by atoms with E-state index in [1.165, 1.54) is 0 Å². The normalized spacial score (nSPS) is 48.0. The predicted octanol–water partition coefficient (Wildman–Crippen LogP) is -14.5. The predicted molar refractivity (Wildman–Crippen MR) is 201 cm³/mol. The molecule has 21 N–H and O–H groups in total. The van der Waals surface area contributed by atoms with Crippen molar-refractivity contribution in [2.24, 2.45) is 0 Å². The molecule has 27 atom stereocenters. The summed E-state index contributed by atoms with van der Waals surface area (Å²) in [6, 6.07) is 0. The molecule has 1 unspecified atom stereocenters. The number of aliphatic hydroxyl groups excluding tert-OH is 21. The van der Waals surface area contributed by atoms with Crippen molar-refractivity contribution in [3.05, 3.63) is 0 Å². The van der Waals surface area contributed by atoms with Crippen molar-refractivity contribution in [1.82, 2.24) is 0 Å². The average Bonchev–Trinajstić information content (AvgIpc) is 3.71. The highest BCUT2D eigenvalue weighted by atomic mass is 16.8. The second-order valence-electron chi connectivity index (χ2n) is 16.8. The molecule has 5 fully saturated rings. The molecule has 5 heterocycles. The van der Waals surface area contributed by atoms with Gasteiger partial charge < -0.3 is 155 Å². The zero-order valence-electron chi connectivity index (χ0n) is 35.3. The molecule has 0 aliphatic carbocycles. The lowest BCUT2D eigenvalue weighted by molar-refractivity contribution is -0.349. The second kappa shape index (κ2) is 24.0. The fourth-order valence-electron chi connectivity index (χ4n) is 7.85. The van der Waals surface area contributed by atoms with Gasteiger partial charge in [-0.2, -0.15) is 0 Å². The minimum absolute atomic E-state index is 0.797. The molecule has 0 spiro atoms. The topological polar surface area (TPSA) is 517 Å². The van der Waals surface area contributed by atoms with E-state index in [-0.39, 0.29) is 0 Å². The van der Waals surface area contributed by atoms with Crippen molar-refractivity contribution in [1.29, 1.82) is 0 Å². The van der Waals surface area contributed by atoms with Crippen LogP contribution in [0.3, 0.4) is 0 Å². The van der Waals surface area contributed by atoms with Crippen LogP contribution >= 0.6 is 0 Å². The SMILES string of the molecule is OC[C@H]1O[C@H](OC[C@@H](O)[C@@H](O)[C@H](O)C(O)CO[C@]2(CO[C@]3(CO)O[C@H](CO[C@H]4O[C@H](CO)[C@@H](O)[C@H](O)[C@H]4O)[C@@H](O)[C@@H]3O)O[C@H](CO[C@H]3O[C@H](CO)[C@@H](O)[C@H](O)[C@H]3O)[C@@H](O)[C@@H]2O)[C@H](O)[C@@H](O)[C@@H]1O. The monoisotopic (exact) mass is 992 g/mol. The minimum Gasteiger partial charge on any atom is -0.394 e. The Morgan fingerprint density at radius 3 is 1.13 bits per heavy atom. The van der Waals surface area contributed by atoms with Crippen molar-refractivity contribution in [3.63, 3.8) is 0 Å². The highest BCUT2D eigenvalue weighted by Crippen LogP contribution is 2.39. The Bertz CT molecular complexity index is 1490. The average molecular weight is 993 g/mol. The highest BCUT2D eigenvalue weighted by molar-refractivity contribution is 5.02. The summed E-state index contributed by atoms with van der Waals surface area (Å²) in [5.74, 6) is -5.50. The largest absolute Gasteiger partial charge is 0.394 e. The summed E-state index contributed by atoms with van der Waals surface area (Å²) < 4.78 is 54.4. The van der Waals surface area contributed by atoms with E-state index < -0.39 is 224 Å². The lowest BCUT2D eigenvalue weighted by atomic mass is 9.99. The zero-order valence-corrected chi connectivity index (χ0v) is 35.3. The van der Waals surface area contributed by atoms with Gasteiger partial charge in [-0.3, -0.25) is 0 Å². The zero-order chi connectivity index (χ0) is 49.9. The third kappa shape index (κ3) is 12.0. The first kappa shape index (κ1) is 56.7. The van der Waals surface area contributed by atoms with Gasteiger partial charge in [0, 0.05) is 0 Å². The number of ether oxygens (including phenoxy) is 10. The molecule has 31 nitrogen and oxygen atoms in total. The molecule has 0 bridgehead atoms. The van der Waals surface area contributed by atoms with Crippen LogP contribution in [-0.2, 0) is 47.4 Å². The Morgan fingerprint density at radius 2 is 0.746 bits per heavy atom. The first-order valence-electron chi connectivity index (χ1n) is 21.0. The van der Waals surface area contributed by atoms with Crippen LogP contribution in [0.1, 0.15) is 0 Å². The van der Waals surface area contributed by atoms with Crippen molar-refractivity contribution in [2.45, 2.75) is 165 Å². The fraction of sp³-hybridized carbons (Fsp3) is 1.00. The maximum absolute atomic E-state index is 11.4. The van der Waals surface area contributed by atoms with Crippen LogP contribution in [0.15, 0.2) is 0 Å². The van der Waals surface area contributed by atoms with Crippen molar-refractivity contribution in [3.8, 4) is 0 Å². The van der Waals surface area contributed by atoms with Gasteiger partial charge in [-0.25, -0.2) is 0 Å². The number of hydrogen-bond donors (Lipinski definition) is 21. The smallest absolute Gasteiger partial charge is 0.222 e. The standard InChI is InChI=1S/C36H64O31/c37-1-12-19(45)24(50)27(53)32(63-12)58-4-10(41)17(43)18(44)11(42)5-61-36(31(57)23(49)16(67-36)7-60-34-29(55)26(52)21(47)14(3-39)65-34)9-62-35(8-40)30(56)22(48)15(66-35)6-59-33-28(54)25(51)20(46)13(2-38)64-33/h10-34,37-57H,1-9H2/t10-,11?,12-,13-,14-,15-,16-,17-,18-,19-,20-,21-,22-,23-,24+,25+,26+,27-,28-,29-,30+,31+,32+,33+,34+,35-,36-/m1/s1. The van der Waals surface area contributed by atoms with E-state index in [0.29, 0.717) is 0 Å². The summed E-state index contributed by atoms with van der Waals surface area (Å²) in [5, 5.41) is 218. The Morgan fingerprint density at radius 1 is 0.388 bits per heavy atom. The van der Waals surface area contributed by atoms with Crippen LogP contribution in [0.2, 0.25) is 0 Å². The number of hydrogen-bond acceptors (Lipinski definition) is 31. The van der Waals surface area contributed by atoms with Crippen molar-refractivity contribution < 1.29 is 155 Å². The van der Waals surface area contributed by atoms with E-state index in [9.17, 15) is 107 Å². The lowest BCUT2D eigenvalue weighted by Crippen LogP contribution is -2.59. The van der Waals surface area contributed by atoms with Gasteiger partial charge in [-0.05, 0) is 0 Å². The molecule has 0 amide bonds. The summed E-state index contributed by atoms with van der Waals surface area (Å²) in [7, 11) is 0.